The number of benzene rings is 1. The topological polar surface area (TPSA) is 79.3 Å². The first kappa shape index (κ1) is 19.9. The maximum absolute atomic E-state index is 11.9. The lowest BCUT2D eigenvalue weighted by Crippen LogP contribution is -2.27. The fraction of sp³-hybridized carbons (Fsp3) is 0.200. The van der Waals surface area contributed by atoms with Crippen molar-refractivity contribution in [2.45, 2.75) is 6.10 Å². The van der Waals surface area contributed by atoms with Gasteiger partial charge in [-0.2, -0.15) is 5.54 Å². The summed E-state index contributed by atoms with van der Waals surface area (Å²) in [5, 5.41) is 13.4. The van der Waals surface area contributed by atoms with Gasteiger partial charge in [-0.15, -0.1) is 15.8 Å². The number of hydrogen-bond donors (Lipinski definition) is 3. The van der Waals surface area contributed by atoms with Gasteiger partial charge in [-0.1, -0.05) is 18.2 Å². The van der Waals surface area contributed by atoms with Gasteiger partial charge >= 0.3 is 0 Å². The molecule has 1 aromatic carbocycles. The summed E-state index contributed by atoms with van der Waals surface area (Å²) in [6.45, 7) is -0.149. The molecule has 0 radical (unpaired) electrons. The van der Waals surface area contributed by atoms with Gasteiger partial charge in [0.1, 0.15) is 29.3 Å². The number of fused-ring (bicyclic) bond motifs is 1. The van der Waals surface area contributed by atoms with Crippen molar-refractivity contribution in [3.63, 3.8) is 0 Å². The summed E-state index contributed by atoms with van der Waals surface area (Å²) in [5.41, 5.74) is 3.31. The van der Waals surface area contributed by atoms with Gasteiger partial charge in [0, 0.05) is 13.2 Å². The molecule has 146 valence electrons. The second kappa shape index (κ2) is 9.93. The number of pyridine rings is 1. The van der Waals surface area contributed by atoms with Gasteiger partial charge in [0.05, 0.1) is 16.8 Å². The van der Waals surface area contributed by atoms with Crippen LogP contribution in [0.5, 0.6) is 5.75 Å². The van der Waals surface area contributed by atoms with Crippen molar-refractivity contribution in [2.75, 3.05) is 25.5 Å². The number of halogens is 1. The minimum absolute atomic E-state index is 0.0168. The van der Waals surface area contributed by atoms with Gasteiger partial charge in [0.15, 0.2) is 0 Å². The Hall–Kier alpha value is -2.81. The predicted octanol–water partition coefficient (Wildman–Crippen LogP) is 3.67. The molecule has 0 fully saturated rings. The molecule has 3 rings (SSSR count). The number of rotatable bonds is 9. The molecular weight excluding hydrogens is 379 g/mol. The number of ether oxygens (including phenoxy) is 1. The fourth-order valence-corrected chi connectivity index (χ4v) is 3.29. The van der Waals surface area contributed by atoms with Gasteiger partial charge in [0.2, 0.25) is 0 Å². The van der Waals surface area contributed by atoms with E-state index in [9.17, 15) is 9.59 Å². The summed E-state index contributed by atoms with van der Waals surface area (Å²) in [7, 11) is 1.83. The average molecular weight is 400 g/mol. The summed E-state index contributed by atoms with van der Waals surface area (Å²) in [5.74, 6) is 1.45. The van der Waals surface area contributed by atoms with E-state index < -0.39 is 6.10 Å². The van der Waals surface area contributed by atoms with Crippen molar-refractivity contribution in [3.05, 3.63) is 59.3 Å². The highest BCUT2D eigenvalue weighted by molar-refractivity contribution is 7.19. The van der Waals surface area contributed by atoms with Crippen LogP contribution in [0.2, 0.25) is 0 Å². The lowest BCUT2D eigenvalue weighted by Gasteiger charge is -2.10. The molecule has 6 nitrogen and oxygen atoms in total. The van der Waals surface area contributed by atoms with Crippen molar-refractivity contribution < 1.29 is 14.3 Å². The van der Waals surface area contributed by atoms with Crippen LogP contribution >= 0.6 is 11.3 Å². The number of anilines is 1. The smallest absolute Gasteiger partial charge is 0.125 e. The summed E-state index contributed by atoms with van der Waals surface area (Å²) in [6.07, 6.45) is 8.68. The molecule has 0 saturated carbocycles. The van der Waals surface area contributed by atoms with E-state index in [4.69, 9.17) is 4.74 Å². The number of nitrogens with zero attached hydrogens (tertiary/aromatic N) is 2. The van der Waals surface area contributed by atoms with Gasteiger partial charge in [0.25, 0.3) is 0 Å². The maximum Gasteiger partial charge on any atom is 0.125 e. The second-order valence-corrected chi connectivity index (χ2v) is 6.99. The number of aromatic nitrogens is 2. The van der Waals surface area contributed by atoms with Gasteiger partial charge in [-0.05, 0) is 42.0 Å². The molecule has 0 bridgehead atoms. The lowest BCUT2D eigenvalue weighted by atomic mass is 10.2. The van der Waals surface area contributed by atoms with Crippen molar-refractivity contribution >= 4 is 39.5 Å². The summed E-state index contributed by atoms with van der Waals surface area (Å²) in [6, 6.07) is 9.42. The largest absolute Gasteiger partial charge is 0.491 e. The van der Waals surface area contributed by atoms with E-state index in [0.717, 1.165) is 26.6 Å². The predicted molar refractivity (Wildman–Crippen MR) is 112 cm³/mol. The van der Waals surface area contributed by atoms with Crippen LogP contribution in [0.3, 0.4) is 0 Å². The van der Waals surface area contributed by atoms with Crippen LogP contribution in [0.15, 0.2) is 48.7 Å². The van der Waals surface area contributed by atoms with E-state index in [1.165, 1.54) is 16.9 Å². The summed E-state index contributed by atoms with van der Waals surface area (Å²) < 4.78 is 18.4. The quantitative estimate of drug-likeness (QED) is 0.376. The van der Waals surface area contributed by atoms with E-state index >= 15 is 0 Å². The zero-order chi connectivity index (χ0) is 19.8. The third-order valence-corrected chi connectivity index (χ3v) is 4.80. The van der Waals surface area contributed by atoms with Crippen LogP contribution in [0.1, 0.15) is 10.6 Å². The number of nitrogens with one attached hydrogen (secondary N) is 2. The number of allylic oxidation sites excluding steroid dienone is 2. The van der Waals surface area contributed by atoms with E-state index in [1.54, 1.807) is 12.3 Å². The number of aliphatic hydroxyl groups is 1. The fourth-order valence-electron chi connectivity index (χ4n) is 2.38. The Bertz CT molecular complexity index is 956. The van der Waals surface area contributed by atoms with E-state index in [1.807, 2.05) is 55.6 Å². The Morgan fingerprint density at radius 2 is 2.11 bits per heavy atom. The van der Waals surface area contributed by atoms with Crippen molar-refractivity contribution in [1.29, 1.82) is 0 Å². The Balaban J connectivity index is 1.61. The molecule has 2 heterocycles. The van der Waals surface area contributed by atoms with Crippen LogP contribution in [0.4, 0.5) is 10.3 Å². The number of hydrogen-bond acceptors (Lipinski definition) is 7. The van der Waals surface area contributed by atoms with Crippen LogP contribution in [-0.4, -0.2) is 41.4 Å². The minimum atomic E-state index is -0.905. The van der Waals surface area contributed by atoms with Crippen molar-refractivity contribution in [1.82, 2.24) is 15.5 Å². The van der Waals surface area contributed by atoms with Crippen molar-refractivity contribution in [3.8, 4) is 5.75 Å². The van der Waals surface area contributed by atoms with E-state index in [0.29, 0.717) is 5.75 Å². The molecule has 0 aliphatic heterocycles. The Morgan fingerprint density at radius 1 is 1.25 bits per heavy atom. The third kappa shape index (κ3) is 5.59. The van der Waals surface area contributed by atoms with Gasteiger partial charge < -0.3 is 15.2 Å². The zero-order valence-electron chi connectivity index (χ0n) is 15.3. The minimum Gasteiger partial charge on any atom is -0.491 e. The monoisotopic (exact) mass is 400 g/mol. The van der Waals surface area contributed by atoms with Crippen molar-refractivity contribution in [2.24, 2.45) is 0 Å². The normalized spacial score (nSPS) is 12.8. The first-order valence-corrected chi connectivity index (χ1v) is 9.53. The van der Waals surface area contributed by atoms with Crippen LogP contribution in [0, 0.1) is 0 Å². The standard InChI is InChI=1S/C20H21FN4O2S/c1-22-19-9-6-14(11-23-19)4-2-3-5-20-25-17-8-7-16(10-18(17)28-20)27-13-15(26)12-24-21/h2-11,15,24,26H,12-13H2,1H3,(H,22,23)/b4-2+,5-3+. The van der Waals surface area contributed by atoms with E-state index in [2.05, 4.69) is 15.3 Å². The highest BCUT2D eigenvalue weighted by atomic mass is 32.1. The molecule has 1 atom stereocenters. The molecule has 0 saturated heterocycles. The van der Waals surface area contributed by atoms with Crippen LogP contribution in [-0.2, 0) is 0 Å². The average Bonchev–Trinajstić information content (AvgIpc) is 3.12. The molecular formula is C20H21FN4O2S. The maximum atomic E-state index is 11.9. The molecule has 8 heteroatoms. The Labute approximate surface area is 166 Å². The SMILES string of the molecule is CNc1ccc(/C=C/C=C/c2nc3ccc(OCC(O)CNF)cc3s2)cn1. The van der Waals surface area contributed by atoms with Crippen LogP contribution in [0.25, 0.3) is 22.4 Å². The highest BCUT2D eigenvalue weighted by Gasteiger charge is 2.07. The molecule has 3 N–H and O–H groups in total. The molecule has 1 unspecified atom stereocenters. The third-order valence-electron chi connectivity index (χ3n) is 3.81. The Kier molecular flexibility index (Phi) is 7.07. The zero-order valence-corrected chi connectivity index (χ0v) is 16.1. The second-order valence-electron chi connectivity index (χ2n) is 5.93. The molecule has 3 aromatic rings. The summed E-state index contributed by atoms with van der Waals surface area (Å²) >= 11 is 1.54. The number of aliphatic hydroxyl groups excluding tert-OH is 1. The molecule has 2 aromatic heterocycles. The molecule has 0 aliphatic carbocycles. The number of thiazole rings is 1. The molecule has 0 amide bonds. The van der Waals surface area contributed by atoms with E-state index in [-0.39, 0.29) is 13.2 Å². The first-order valence-electron chi connectivity index (χ1n) is 8.71. The molecule has 0 spiro atoms. The lowest BCUT2D eigenvalue weighted by molar-refractivity contribution is 0.0895. The molecule has 28 heavy (non-hydrogen) atoms. The van der Waals surface area contributed by atoms with Gasteiger partial charge in [-0.25, -0.2) is 9.97 Å². The first-order chi connectivity index (χ1) is 13.7. The van der Waals surface area contributed by atoms with Gasteiger partial charge in [-0.3, -0.25) is 0 Å². The summed E-state index contributed by atoms with van der Waals surface area (Å²) in [4.78, 5) is 8.82. The Morgan fingerprint density at radius 3 is 2.86 bits per heavy atom. The van der Waals surface area contributed by atoms with Crippen LogP contribution < -0.4 is 15.6 Å². The highest BCUT2D eigenvalue weighted by Crippen LogP contribution is 2.27. The molecule has 0 aliphatic rings.